The summed E-state index contributed by atoms with van der Waals surface area (Å²) in [7, 11) is 0. The molecule has 3 nitrogen and oxygen atoms in total. The number of rotatable bonds is 1. The van der Waals surface area contributed by atoms with Crippen LogP contribution in [0, 0.1) is 0 Å². The molecule has 0 atom stereocenters. The highest BCUT2D eigenvalue weighted by atomic mass is 16.1. The van der Waals surface area contributed by atoms with Gasteiger partial charge in [0.25, 0.3) is 0 Å². The van der Waals surface area contributed by atoms with Crippen LogP contribution in [0.3, 0.4) is 0 Å². The molecule has 11 heavy (non-hydrogen) atoms. The molecule has 0 saturated heterocycles. The van der Waals surface area contributed by atoms with Crippen LogP contribution in [-0.2, 0) is 9.59 Å². The lowest BCUT2D eigenvalue weighted by Gasteiger charge is -2.14. The van der Waals surface area contributed by atoms with Gasteiger partial charge in [0.05, 0.1) is 13.1 Å². The molecule has 0 spiro atoms. The quantitative estimate of drug-likeness (QED) is 0.532. The highest BCUT2D eigenvalue weighted by Gasteiger charge is 2.13. The Kier molecular flexibility index (Phi) is 2.54. The lowest BCUT2D eigenvalue weighted by atomic mass is 10.3. The van der Waals surface area contributed by atoms with Crippen molar-refractivity contribution in [1.29, 1.82) is 0 Å². The Bertz CT molecular complexity index is 188. The highest BCUT2D eigenvalue weighted by Crippen LogP contribution is 1.96. The molecule has 60 valence electrons. The minimum Gasteiger partial charge on any atom is -0.293 e. The molecular weight excluding hydrogens is 142 g/mol. The smallest absolute Gasteiger partial charge is 0.169 e. The van der Waals surface area contributed by atoms with Crippen molar-refractivity contribution in [2.75, 3.05) is 19.6 Å². The van der Waals surface area contributed by atoms with Gasteiger partial charge >= 0.3 is 0 Å². The second kappa shape index (κ2) is 3.44. The van der Waals surface area contributed by atoms with E-state index in [9.17, 15) is 9.59 Å². The molecule has 0 unspecified atom stereocenters. The van der Waals surface area contributed by atoms with Gasteiger partial charge in [0.2, 0.25) is 0 Å². The van der Waals surface area contributed by atoms with Crippen molar-refractivity contribution in [1.82, 2.24) is 4.90 Å². The summed E-state index contributed by atoms with van der Waals surface area (Å²) in [5, 5.41) is 0. The van der Waals surface area contributed by atoms with Gasteiger partial charge in [-0.2, -0.15) is 0 Å². The van der Waals surface area contributed by atoms with E-state index in [-0.39, 0.29) is 11.6 Å². The minimum absolute atomic E-state index is 0.0118. The van der Waals surface area contributed by atoms with Gasteiger partial charge in [0.15, 0.2) is 11.6 Å². The van der Waals surface area contributed by atoms with Crippen molar-refractivity contribution in [3.63, 3.8) is 0 Å². The summed E-state index contributed by atoms with van der Waals surface area (Å²) in [6, 6.07) is 0. The van der Waals surface area contributed by atoms with Crippen LogP contribution in [0.2, 0.25) is 0 Å². The van der Waals surface area contributed by atoms with E-state index < -0.39 is 0 Å². The number of carbonyl (C=O) groups is 2. The number of carbonyl (C=O) groups excluding carboxylic acids is 2. The van der Waals surface area contributed by atoms with Crippen LogP contribution < -0.4 is 0 Å². The zero-order chi connectivity index (χ0) is 8.27. The molecule has 0 fully saturated rings. The first kappa shape index (κ1) is 8.14. The van der Waals surface area contributed by atoms with Crippen molar-refractivity contribution in [3.8, 4) is 0 Å². The van der Waals surface area contributed by atoms with Gasteiger partial charge in [-0.05, 0) is 18.7 Å². The second-order valence-electron chi connectivity index (χ2n) is 2.57. The lowest BCUT2D eigenvalue weighted by Crippen LogP contribution is -2.31. The van der Waals surface area contributed by atoms with Crippen molar-refractivity contribution >= 4 is 11.6 Å². The van der Waals surface area contributed by atoms with Crippen molar-refractivity contribution in [2.45, 2.75) is 6.92 Å². The first-order chi connectivity index (χ1) is 5.22. The zero-order valence-corrected chi connectivity index (χ0v) is 6.54. The Morgan fingerprint density at radius 1 is 1.27 bits per heavy atom. The van der Waals surface area contributed by atoms with Crippen molar-refractivity contribution in [3.05, 3.63) is 12.2 Å². The molecular formula is C8H11NO2. The van der Waals surface area contributed by atoms with Gasteiger partial charge < -0.3 is 0 Å². The number of hydrogen-bond donors (Lipinski definition) is 0. The third kappa shape index (κ3) is 2.27. The minimum atomic E-state index is 0.0118. The van der Waals surface area contributed by atoms with Crippen LogP contribution in [0.25, 0.3) is 0 Å². The maximum atomic E-state index is 10.9. The molecule has 0 aromatic rings. The van der Waals surface area contributed by atoms with E-state index >= 15 is 0 Å². The molecule has 0 aromatic heterocycles. The highest BCUT2D eigenvalue weighted by molar-refractivity contribution is 6.02. The van der Waals surface area contributed by atoms with Gasteiger partial charge in [0.1, 0.15) is 0 Å². The number of nitrogens with zero attached hydrogens (tertiary/aromatic N) is 1. The van der Waals surface area contributed by atoms with Gasteiger partial charge in [-0.15, -0.1) is 0 Å². The van der Waals surface area contributed by atoms with E-state index in [1.807, 2.05) is 11.8 Å². The molecule has 0 amide bonds. The van der Waals surface area contributed by atoms with Crippen LogP contribution in [-0.4, -0.2) is 36.1 Å². The van der Waals surface area contributed by atoms with Gasteiger partial charge in [0, 0.05) is 0 Å². The van der Waals surface area contributed by atoms with Crippen molar-refractivity contribution < 1.29 is 9.59 Å². The summed E-state index contributed by atoms with van der Waals surface area (Å²) in [4.78, 5) is 23.7. The topological polar surface area (TPSA) is 37.4 Å². The lowest BCUT2D eigenvalue weighted by molar-refractivity contribution is -0.116. The number of ketones is 2. The van der Waals surface area contributed by atoms with E-state index in [4.69, 9.17) is 0 Å². The van der Waals surface area contributed by atoms with E-state index in [0.29, 0.717) is 13.1 Å². The Hall–Kier alpha value is -0.960. The predicted octanol–water partition coefficient (Wildman–Crippen LogP) is 0.0163. The van der Waals surface area contributed by atoms with E-state index in [2.05, 4.69) is 0 Å². The first-order valence-corrected chi connectivity index (χ1v) is 3.68. The molecule has 1 rings (SSSR count). The molecule has 3 heteroatoms. The Morgan fingerprint density at radius 3 is 2.09 bits per heavy atom. The number of likely N-dealkylation sites (N-methyl/N-ethyl adjacent to an activating group) is 1. The number of hydrogen-bond acceptors (Lipinski definition) is 3. The Morgan fingerprint density at radius 2 is 1.73 bits per heavy atom. The van der Waals surface area contributed by atoms with Crippen LogP contribution in [0.15, 0.2) is 12.2 Å². The summed E-state index contributed by atoms with van der Waals surface area (Å²) < 4.78 is 0. The third-order valence-electron chi connectivity index (χ3n) is 1.66. The fourth-order valence-corrected chi connectivity index (χ4v) is 1.01. The maximum absolute atomic E-state index is 10.9. The summed E-state index contributed by atoms with van der Waals surface area (Å²) in [6.45, 7) is 3.43. The van der Waals surface area contributed by atoms with Crippen LogP contribution >= 0.6 is 0 Å². The second-order valence-corrected chi connectivity index (χ2v) is 2.57. The van der Waals surface area contributed by atoms with Crippen LogP contribution in [0.5, 0.6) is 0 Å². The maximum Gasteiger partial charge on any atom is 0.169 e. The van der Waals surface area contributed by atoms with Gasteiger partial charge in [-0.3, -0.25) is 14.5 Å². The van der Waals surface area contributed by atoms with Gasteiger partial charge in [-0.1, -0.05) is 6.92 Å². The molecule has 0 aromatic carbocycles. The Labute approximate surface area is 65.7 Å². The molecule has 0 bridgehead atoms. The van der Waals surface area contributed by atoms with Crippen LogP contribution in [0.4, 0.5) is 0 Å². The standard InChI is InChI=1S/C8H11NO2/c1-2-9-5-7(10)3-4-8(11)6-9/h3-4H,2,5-6H2,1H3. The molecule has 1 aliphatic rings. The van der Waals surface area contributed by atoms with Crippen molar-refractivity contribution in [2.24, 2.45) is 0 Å². The fourth-order valence-electron chi connectivity index (χ4n) is 1.01. The zero-order valence-electron chi connectivity index (χ0n) is 6.54. The molecule has 0 radical (unpaired) electrons. The van der Waals surface area contributed by atoms with Crippen LogP contribution in [0.1, 0.15) is 6.92 Å². The largest absolute Gasteiger partial charge is 0.293 e. The molecule has 0 N–H and O–H groups in total. The van der Waals surface area contributed by atoms with Gasteiger partial charge in [-0.25, -0.2) is 0 Å². The fraction of sp³-hybridized carbons (Fsp3) is 0.500. The molecule has 1 heterocycles. The average Bonchev–Trinajstić information content (AvgIpc) is 2.13. The molecule has 1 aliphatic heterocycles. The predicted molar refractivity (Wildman–Crippen MR) is 41.3 cm³/mol. The summed E-state index contributed by atoms with van der Waals surface area (Å²) in [6.07, 6.45) is 2.72. The monoisotopic (exact) mass is 153 g/mol. The van der Waals surface area contributed by atoms with E-state index in [1.54, 1.807) is 0 Å². The van der Waals surface area contributed by atoms with E-state index in [1.165, 1.54) is 12.2 Å². The third-order valence-corrected chi connectivity index (χ3v) is 1.66. The summed E-state index contributed by atoms with van der Waals surface area (Å²) in [5.41, 5.74) is 0. The molecule has 0 saturated carbocycles. The first-order valence-electron chi connectivity index (χ1n) is 3.68. The summed E-state index contributed by atoms with van der Waals surface area (Å²) >= 11 is 0. The SMILES string of the molecule is CCN1CC(=O)C=CC(=O)C1. The molecule has 0 aliphatic carbocycles. The normalized spacial score (nSPS) is 20.5. The Balaban J connectivity index is 2.65. The van der Waals surface area contributed by atoms with E-state index in [0.717, 1.165) is 6.54 Å². The average molecular weight is 153 g/mol. The summed E-state index contributed by atoms with van der Waals surface area (Å²) in [5.74, 6) is 0.0235.